The van der Waals surface area contributed by atoms with Crippen LogP contribution in [0, 0.1) is 6.92 Å². The molecule has 10 heteroatoms. The Morgan fingerprint density at radius 3 is 2.63 bits per heavy atom. The van der Waals surface area contributed by atoms with Crippen molar-refractivity contribution in [3.05, 3.63) is 71.1 Å². The smallest absolute Gasteiger partial charge is 0.387 e. The third-order valence-electron chi connectivity index (χ3n) is 4.40. The molecule has 0 radical (unpaired) electrons. The van der Waals surface area contributed by atoms with Crippen molar-refractivity contribution in [3.63, 3.8) is 0 Å². The predicted molar refractivity (Wildman–Crippen MR) is 107 cm³/mol. The number of anilines is 1. The first kappa shape index (κ1) is 19.7. The van der Waals surface area contributed by atoms with Crippen molar-refractivity contribution in [2.24, 2.45) is 0 Å². The van der Waals surface area contributed by atoms with E-state index in [0.717, 1.165) is 5.56 Å². The Kier molecular flexibility index (Phi) is 5.28. The number of nitrogens with zero attached hydrogens (tertiary/aromatic N) is 4. The van der Waals surface area contributed by atoms with Crippen molar-refractivity contribution in [1.29, 1.82) is 0 Å². The van der Waals surface area contributed by atoms with Gasteiger partial charge in [0, 0.05) is 16.3 Å². The molecule has 0 fully saturated rings. The van der Waals surface area contributed by atoms with Crippen molar-refractivity contribution in [2.45, 2.75) is 13.5 Å². The van der Waals surface area contributed by atoms with E-state index in [1.807, 2.05) is 0 Å². The fraction of sp³-hybridized carbons (Fsp3) is 0.100. The first-order valence-corrected chi connectivity index (χ1v) is 9.12. The van der Waals surface area contributed by atoms with Gasteiger partial charge in [0.05, 0.1) is 12.4 Å². The van der Waals surface area contributed by atoms with E-state index in [0.29, 0.717) is 27.7 Å². The molecule has 0 atom stereocenters. The van der Waals surface area contributed by atoms with Crippen LogP contribution in [0.25, 0.3) is 17.0 Å². The van der Waals surface area contributed by atoms with E-state index in [9.17, 15) is 13.6 Å². The predicted octanol–water partition coefficient (Wildman–Crippen LogP) is 4.61. The van der Waals surface area contributed by atoms with Gasteiger partial charge in [0.2, 0.25) is 0 Å². The molecule has 2 aromatic heterocycles. The van der Waals surface area contributed by atoms with E-state index in [1.54, 1.807) is 37.3 Å². The van der Waals surface area contributed by atoms with Gasteiger partial charge >= 0.3 is 6.61 Å². The quantitative estimate of drug-likeness (QED) is 0.501. The number of amides is 1. The van der Waals surface area contributed by atoms with Crippen LogP contribution < -0.4 is 10.1 Å². The summed E-state index contributed by atoms with van der Waals surface area (Å²) in [5.41, 5.74) is 2.40. The summed E-state index contributed by atoms with van der Waals surface area (Å²) in [7, 11) is 0. The van der Waals surface area contributed by atoms with Gasteiger partial charge in [-0.1, -0.05) is 17.7 Å². The van der Waals surface area contributed by atoms with Crippen molar-refractivity contribution >= 4 is 28.8 Å². The molecule has 0 unspecified atom stereocenters. The van der Waals surface area contributed by atoms with Crippen LogP contribution in [0.15, 0.2) is 54.9 Å². The summed E-state index contributed by atoms with van der Waals surface area (Å²) in [6.45, 7) is -1.12. The third kappa shape index (κ3) is 3.79. The maximum absolute atomic E-state index is 13.0. The Hall–Kier alpha value is -3.59. The monoisotopic (exact) mass is 429 g/mol. The van der Waals surface area contributed by atoms with Crippen LogP contribution in [-0.2, 0) is 0 Å². The molecule has 4 rings (SSSR count). The van der Waals surface area contributed by atoms with Gasteiger partial charge in [-0.2, -0.15) is 8.78 Å². The number of hydrogen-bond acceptors (Lipinski definition) is 5. The number of fused-ring (bicyclic) bond motifs is 1. The summed E-state index contributed by atoms with van der Waals surface area (Å²) in [5, 5.41) is 11.5. The molecule has 1 N–H and O–H groups in total. The van der Waals surface area contributed by atoms with Gasteiger partial charge < -0.3 is 10.1 Å². The Morgan fingerprint density at radius 1 is 1.13 bits per heavy atom. The number of nitrogens with one attached hydrogen (secondary N) is 1. The zero-order chi connectivity index (χ0) is 21.3. The van der Waals surface area contributed by atoms with Crippen molar-refractivity contribution in [3.8, 4) is 17.1 Å². The average molecular weight is 430 g/mol. The molecule has 0 bridgehead atoms. The SMILES string of the molecule is Cc1c(Cl)cccc1NC(=O)c1cncc2nnc(-c3ccc(OC(F)F)cc3)n12. The topological polar surface area (TPSA) is 81.4 Å². The van der Waals surface area contributed by atoms with Crippen LogP contribution in [-0.4, -0.2) is 32.1 Å². The van der Waals surface area contributed by atoms with Gasteiger partial charge in [-0.25, -0.2) is 0 Å². The highest BCUT2D eigenvalue weighted by atomic mass is 35.5. The summed E-state index contributed by atoms with van der Waals surface area (Å²) in [5.74, 6) is -0.0697. The molecule has 0 aliphatic heterocycles. The minimum atomic E-state index is -2.92. The molecule has 152 valence electrons. The zero-order valence-corrected chi connectivity index (χ0v) is 16.3. The summed E-state index contributed by atoms with van der Waals surface area (Å²) in [6, 6.07) is 11.1. The molecule has 2 aromatic carbocycles. The van der Waals surface area contributed by atoms with E-state index in [1.165, 1.54) is 28.9 Å². The largest absolute Gasteiger partial charge is 0.435 e. The van der Waals surface area contributed by atoms with Gasteiger partial charge in [-0.15, -0.1) is 10.2 Å². The number of aromatic nitrogens is 4. The second-order valence-corrected chi connectivity index (χ2v) is 6.69. The molecule has 0 saturated heterocycles. The molecule has 0 saturated carbocycles. The molecule has 30 heavy (non-hydrogen) atoms. The normalized spacial score (nSPS) is 11.1. The van der Waals surface area contributed by atoms with Crippen molar-refractivity contribution in [1.82, 2.24) is 19.6 Å². The summed E-state index contributed by atoms with van der Waals surface area (Å²) in [4.78, 5) is 17.0. The van der Waals surface area contributed by atoms with Crippen LogP contribution in [0.4, 0.5) is 14.5 Å². The molecular formula is C20H14ClF2N5O2. The molecule has 7 nitrogen and oxygen atoms in total. The van der Waals surface area contributed by atoms with Gasteiger partial charge in [-0.3, -0.25) is 14.2 Å². The molecule has 1 amide bonds. The number of halogens is 3. The van der Waals surface area contributed by atoms with Crippen LogP contribution >= 0.6 is 11.6 Å². The number of rotatable bonds is 5. The maximum Gasteiger partial charge on any atom is 0.387 e. The second-order valence-electron chi connectivity index (χ2n) is 6.28. The first-order chi connectivity index (χ1) is 14.4. The van der Waals surface area contributed by atoms with E-state index >= 15 is 0 Å². The number of carbonyl (C=O) groups is 1. The summed E-state index contributed by atoms with van der Waals surface area (Å²) < 4.78 is 30.6. The lowest BCUT2D eigenvalue weighted by Crippen LogP contribution is -2.17. The Balaban J connectivity index is 1.72. The number of hydrogen-bond donors (Lipinski definition) is 1. The van der Waals surface area contributed by atoms with Crippen LogP contribution in [0.5, 0.6) is 5.75 Å². The minimum Gasteiger partial charge on any atom is -0.435 e. The lowest BCUT2D eigenvalue weighted by molar-refractivity contribution is -0.0498. The second kappa shape index (κ2) is 8.03. The van der Waals surface area contributed by atoms with Crippen molar-refractivity contribution in [2.75, 3.05) is 5.32 Å². The van der Waals surface area contributed by atoms with Crippen LogP contribution in [0.1, 0.15) is 16.1 Å². The Bertz CT molecular complexity index is 1230. The molecule has 0 spiro atoms. The Labute approximate surface area is 174 Å². The number of ether oxygens (including phenoxy) is 1. The van der Waals surface area contributed by atoms with Gasteiger partial charge in [0.1, 0.15) is 11.4 Å². The number of alkyl halides is 2. The molecule has 0 aliphatic carbocycles. The van der Waals surface area contributed by atoms with Crippen LogP contribution in [0.3, 0.4) is 0 Å². The maximum atomic E-state index is 13.0. The van der Waals surface area contributed by atoms with E-state index < -0.39 is 12.5 Å². The zero-order valence-electron chi connectivity index (χ0n) is 15.5. The highest BCUT2D eigenvalue weighted by molar-refractivity contribution is 6.31. The summed E-state index contributed by atoms with van der Waals surface area (Å²) in [6.07, 6.45) is 2.86. The average Bonchev–Trinajstić information content (AvgIpc) is 3.16. The molecule has 2 heterocycles. The van der Waals surface area contributed by atoms with E-state index in [-0.39, 0.29) is 11.4 Å². The van der Waals surface area contributed by atoms with E-state index in [4.69, 9.17) is 11.6 Å². The lowest BCUT2D eigenvalue weighted by atomic mass is 10.2. The fourth-order valence-corrected chi connectivity index (χ4v) is 3.09. The fourth-order valence-electron chi connectivity index (χ4n) is 2.91. The van der Waals surface area contributed by atoms with Crippen molar-refractivity contribution < 1.29 is 18.3 Å². The van der Waals surface area contributed by atoms with Gasteiger partial charge in [0.15, 0.2) is 11.5 Å². The standard InChI is InChI=1S/C20H14ClF2N5O2/c1-11-14(21)3-2-4-15(11)25-19(29)16-9-24-10-17-26-27-18(28(16)17)12-5-7-13(8-6-12)30-20(22)23/h2-10,20H,1H3,(H,25,29). The highest BCUT2D eigenvalue weighted by Crippen LogP contribution is 2.25. The first-order valence-electron chi connectivity index (χ1n) is 8.75. The summed E-state index contributed by atoms with van der Waals surface area (Å²) >= 11 is 6.12. The van der Waals surface area contributed by atoms with Gasteiger partial charge in [0.25, 0.3) is 5.91 Å². The lowest BCUT2D eigenvalue weighted by Gasteiger charge is -2.11. The van der Waals surface area contributed by atoms with Gasteiger partial charge in [-0.05, 0) is 48.9 Å². The molecular weight excluding hydrogens is 416 g/mol. The number of benzene rings is 2. The molecule has 0 aliphatic rings. The molecule has 4 aromatic rings. The third-order valence-corrected chi connectivity index (χ3v) is 4.81. The Morgan fingerprint density at radius 2 is 1.90 bits per heavy atom. The van der Waals surface area contributed by atoms with Crippen LogP contribution in [0.2, 0.25) is 5.02 Å². The van der Waals surface area contributed by atoms with E-state index in [2.05, 4.69) is 25.2 Å². The number of carbonyl (C=O) groups excluding carboxylic acids is 1. The minimum absolute atomic E-state index is 0.0126. The highest BCUT2D eigenvalue weighted by Gasteiger charge is 2.18.